The van der Waals surface area contributed by atoms with Crippen LogP contribution in [-0.4, -0.2) is 22.7 Å². The quantitative estimate of drug-likeness (QED) is 0.888. The van der Waals surface area contributed by atoms with Crippen LogP contribution in [0.15, 0.2) is 29.4 Å². The first-order valence-corrected chi connectivity index (χ1v) is 5.73. The number of hydrogen-bond acceptors (Lipinski definition) is 3. The Morgan fingerprint density at radius 1 is 1.39 bits per heavy atom. The third kappa shape index (κ3) is 2.11. The molecular formula is C13H14N2O3. The minimum Gasteiger partial charge on any atom is -0.478 e. The minimum atomic E-state index is -1.06. The van der Waals surface area contributed by atoms with E-state index >= 15 is 0 Å². The second kappa shape index (κ2) is 4.60. The van der Waals surface area contributed by atoms with Crippen LogP contribution in [0.5, 0.6) is 0 Å². The van der Waals surface area contributed by atoms with Gasteiger partial charge in [-0.2, -0.15) is 10.1 Å². The van der Waals surface area contributed by atoms with Crippen LogP contribution in [0.4, 0.5) is 5.69 Å². The van der Waals surface area contributed by atoms with Gasteiger partial charge in [0.25, 0.3) is 5.91 Å². The summed E-state index contributed by atoms with van der Waals surface area (Å²) in [5.41, 5.74) is 1.19. The molecule has 0 bridgehead atoms. The molecule has 0 spiro atoms. The van der Waals surface area contributed by atoms with Crippen LogP contribution >= 0.6 is 0 Å². The van der Waals surface area contributed by atoms with E-state index in [9.17, 15) is 9.59 Å². The first-order valence-electron chi connectivity index (χ1n) is 5.73. The van der Waals surface area contributed by atoms with Gasteiger partial charge in [-0.15, -0.1) is 0 Å². The molecule has 1 heterocycles. The number of carbonyl (C=O) groups excluding carboxylic acids is 1. The molecule has 18 heavy (non-hydrogen) atoms. The standard InChI is InChI=1S/C13H14N2O3/c1-8(2)10-7-12(16)15(14-10)11-6-4-3-5-9(11)13(17)18/h3-6,8H,7H2,1-2H3,(H,17,18). The summed E-state index contributed by atoms with van der Waals surface area (Å²) in [6, 6.07) is 6.38. The fourth-order valence-corrected chi connectivity index (χ4v) is 1.80. The lowest BCUT2D eigenvalue weighted by Gasteiger charge is -2.14. The van der Waals surface area contributed by atoms with E-state index in [1.54, 1.807) is 18.2 Å². The molecule has 1 N–H and O–H groups in total. The van der Waals surface area contributed by atoms with Gasteiger partial charge in [0.05, 0.1) is 23.4 Å². The molecule has 0 saturated carbocycles. The topological polar surface area (TPSA) is 70.0 Å². The summed E-state index contributed by atoms with van der Waals surface area (Å²) in [6.45, 7) is 3.91. The van der Waals surface area contributed by atoms with Crippen LogP contribution in [0.25, 0.3) is 0 Å². The lowest BCUT2D eigenvalue weighted by Crippen LogP contribution is -2.22. The lowest BCUT2D eigenvalue weighted by molar-refractivity contribution is -0.116. The molecule has 2 rings (SSSR count). The first-order chi connectivity index (χ1) is 8.50. The number of nitrogens with zero attached hydrogens (tertiary/aromatic N) is 2. The van der Waals surface area contributed by atoms with Crippen molar-refractivity contribution in [3.8, 4) is 0 Å². The van der Waals surface area contributed by atoms with Gasteiger partial charge in [-0.05, 0) is 18.1 Å². The minimum absolute atomic E-state index is 0.0830. The average Bonchev–Trinajstić information content (AvgIpc) is 2.71. The zero-order valence-electron chi connectivity index (χ0n) is 10.3. The number of hydrogen-bond donors (Lipinski definition) is 1. The van der Waals surface area contributed by atoms with E-state index in [4.69, 9.17) is 5.11 Å². The number of anilines is 1. The number of hydrazone groups is 1. The molecule has 0 fully saturated rings. The van der Waals surface area contributed by atoms with Crippen molar-refractivity contribution in [1.82, 2.24) is 0 Å². The predicted molar refractivity (Wildman–Crippen MR) is 67.8 cm³/mol. The van der Waals surface area contributed by atoms with E-state index in [2.05, 4.69) is 5.10 Å². The molecule has 1 aliphatic rings. The molecule has 1 amide bonds. The van der Waals surface area contributed by atoms with Gasteiger partial charge in [-0.25, -0.2) is 4.79 Å². The summed E-state index contributed by atoms with van der Waals surface area (Å²) in [6.07, 6.45) is 0.256. The van der Waals surface area contributed by atoms with Crippen LogP contribution in [0.3, 0.4) is 0 Å². The van der Waals surface area contributed by atoms with Gasteiger partial charge in [0.15, 0.2) is 0 Å². The van der Waals surface area contributed by atoms with Gasteiger partial charge in [0.2, 0.25) is 0 Å². The number of benzene rings is 1. The summed E-state index contributed by atoms with van der Waals surface area (Å²) in [4.78, 5) is 23.0. The molecule has 0 aliphatic carbocycles. The number of carbonyl (C=O) groups is 2. The molecule has 0 unspecified atom stereocenters. The van der Waals surface area contributed by atoms with Crippen molar-refractivity contribution >= 4 is 23.3 Å². The Kier molecular flexibility index (Phi) is 3.14. The Morgan fingerprint density at radius 2 is 2.06 bits per heavy atom. The van der Waals surface area contributed by atoms with Crippen molar-refractivity contribution in [3.05, 3.63) is 29.8 Å². The summed E-state index contributed by atoms with van der Waals surface area (Å²) >= 11 is 0. The van der Waals surface area contributed by atoms with Crippen LogP contribution in [0.1, 0.15) is 30.6 Å². The second-order valence-electron chi connectivity index (χ2n) is 4.45. The number of rotatable bonds is 3. The number of para-hydroxylation sites is 1. The molecule has 0 atom stereocenters. The van der Waals surface area contributed by atoms with Crippen molar-refractivity contribution in [2.45, 2.75) is 20.3 Å². The molecule has 0 radical (unpaired) electrons. The van der Waals surface area contributed by atoms with Crippen molar-refractivity contribution in [2.75, 3.05) is 5.01 Å². The number of aromatic carboxylic acids is 1. The molecule has 1 aliphatic heterocycles. The Hall–Kier alpha value is -2.17. The van der Waals surface area contributed by atoms with Gasteiger partial charge in [-0.1, -0.05) is 26.0 Å². The maximum absolute atomic E-state index is 11.9. The largest absolute Gasteiger partial charge is 0.478 e. The van der Waals surface area contributed by atoms with Crippen molar-refractivity contribution in [2.24, 2.45) is 11.0 Å². The lowest BCUT2D eigenvalue weighted by atomic mass is 10.1. The molecule has 1 aromatic rings. The van der Waals surface area contributed by atoms with Crippen molar-refractivity contribution in [3.63, 3.8) is 0 Å². The van der Waals surface area contributed by atoms with Crippen LogP contribution < -0.4 is 5.01 Å². The van der Waals surface area contributed by atoms with Gasteiger partial charge < -0.3 is 5.11 Å². The zero-order chi connectivity index (χ0) is 13.3. The number of carboxylic acids is 1. The fourth-order valence-electron chi connectivity index (χ4n) is 1.80. The van der Waals surface area contributed by atoms with E-state index < -0.39 is 5.97 Å². The number of carboxylic acid groups (broad SMARTS) is 1. The predicted octanol–water partition coefficient (Wildman–Crippen LogP) is 2.13. The summed E-state index contributed by atoms with van der Waals surface area (Å²) in [7, 11) is 0. The Balaban J connectivity index is 2.44. The Morgan fingerprint density at radius 3 is 2.61 bits per heavy atom. The van der Waals surface area contributed by atoms with Crippen LogP contribution in [-0.2, 0) is 4.79 Å². The van der Waals surface area contributed by atoms with Gasteiger partial charge in [0, 0.05) is 0 Å². The number of amides is 1. The average molecular weight is 246 g/mol. The highest BCUT2D eigenvalue weighted by molar-refractivity contribution is 6.15. The highest BCUT2D eigenvalue weighted by Crippen LogP contribution is 2.26. The molecular weight excluding hydrogens is 232 g/mol. The van der Waals surface area contributed by atoms with E-state index in [0.717, 1.165) is 5.71 Å². The zero-order valence-corrected chi connectivity index (χ0v) is 10.3. The smallest absolute Gasteiger partial charge is 0.337 e. The molecule has 5 heteroatoms. The van der Waals surface area contributed by atoms with Crippen LogP contribution in [0.2, 0.25) is 0 Å². The summed E-state index contributed by atoms with van der Waals surface area (Å²) in [5.74, 6) is -1.07. The monoisotopic (exact) mass is 246 g/mol. The van der Waals surface area contributed by atoms with Crippen LogP contribution in [0, 0.1) is 5.92 Å². The summed E-state index contributed by atoms with van der Waals surface area (Å²) in [5, 5.41) is 14.5. The highest BCUT2D eigenvalue weighted by Gasteiger charge is 2.29. The van der Waals surface area contributed by atoms with E-state index in [0.29, 0.717) is 5.69 Å². The summed E-state index contributed by atoms with van der Waals surface area (Å²) < 4.78 is 0. The second-order valence-corrected chi connectivity index (χ2v) is 4.45. The fraction of sp³-hybridized carbons (Fsp3) is 0.308. The SMILES string of the molecule is CC(C)C1=NN(c2ccccc2C(=O)O)C(=O)C1. The maximum Gasteiger partial charge on any atom is 0.337 e. The Bertz CT molecular complexity index is 535. The molecule has 1 aromatic carbocycles. The first kappa shape index (κ1) is 12.3. The third-order valence-corrected chi connectivity index (χ3v) is 2.83. The normalized spacial score (nSPS) is 15.2. The maximum atomic E-state index is 11.9. The van der Waals surface area contributed by atoms with E-state index in [-0.39, 0.29) is 23.8 Å². The van der Waals surface area contributed by atoms with Gasteiger partial charge >= 0.3 is 5.97 Å². The molecule has 0 saturated heterocycles. The molecule has 94 valence electrons. The van der Waals surface area contributed by atoms with Gasteiger partial charge in [0.1, 0.15) is 0 Å². The van der Waals surface area contributed by atoms with Crippen molar-refractivity contribution in [1.29, 1.82) is 0 Å². The molecule has 5 nitrogen and oxygen atoms in total. The Labute approximate surface area is 105 Å². The van der Waals surface area contributed by atoms with Gasteiger partial charge in [-0.3, -0.25) is 4.79 Å². The molecule has 0 aromatic heterocycles. The van der Waals surface area contributed by atoms with E-state index in [1.807, 2.05) is 13.8 Å². The highest BCUT2D eigenvalue weighted by atomic mass is 16.4. The third-order valence-electron chi connectivity index (χ3n) is 2.83. The van der Waals surface area contributed by atoms with Crippen molar-refractivity contribution < 1.29 is 14.7 Å². The van der Waals surface area contributed by atoms with E-state index in [1.165, 1.54) is 11.1 Å².